The van der Waals surface area contributed by atoms with E-state index in [1.807, 2.05) is 24.3 Å². The van der Waals surface area contributed by atoms with Crippen LogP contribution in [0.5, 0.6) is 0 Å². The zero-order valence-corrected chi connectivity index (χ0v) is 21.9. The lowest BCUT2D eigenvalue weighted by molar-refractivity contribution is 0.607. The van der Waals surface area contributed by atoms with Crippen LogP contribution in [0, 0.1) is 11.3 Å². The summed E-state index contributed by atoms with van der Waals surface area (Å²) in [5, 5.41) is 13.5. The van der Waals surface area contributed by atoms with Crippen molar-refractivity contribution in [3.05, 3.63) is 120 Å². The van der Waals surface area contributed by atoms with Crippen molar-refractivity contribution in [1.29, 1.82) is 5.26 Å². The highest BCUT2D eigenvalue weighted by Gasteiger charge is 2.35. The fraction of sp³-hybridized carbons (Fsp3) is 0.0882. The first-order chi connectivity index (χ1) is 18.5. The number of aromatic nitrogens is 2. The van der Waals surface area contributed by atoms with Gasteiger partial charge in [-0.25, -0.2) is 9.97 Å². The Morgan fingerprint density at radius 1 is 0.737 bits per heavy atom. The Morgan fingerprint density at radius 3 is 2.34 bits per heavy atom. The fourth-order valence-corrected chi connectivity index (χ4v) is 7.02. The Bertz CT molecular complexity index is 1940. The van der Waals surface area contributed by atoms with E-state index in [2.05, 4.69) is 98.8 Å². The summed E-state index contributed by atoms with van der Waals surface area (Å²) in [6.45, 7) is 4.47. The maximum atomic E-state index is 10.2. The van der Waals surface area contributed by atoms with E-state index in [0.717, 1.165) is 43.6 Å². The molecule has 4 heteroatoms. The molecule has 3 nitrogen and oxygen atoms in total. The van der Waals surface area contributed by atoms with Gasteiger partial charge in [-0.05, 0) is 46.2 Å². The molecule has 1 aromatic heterocycles. The van der Waals surface area contributed by atoms with E-state index in [1.165, 1.54) is 15.8 Å². The van der Waals surface area contributed by atoms with Crippen molar-refractivity contribution >= 4 is 33.4 Å². The summed E-state index contributed by atoms with van der Waals surface area (Å²) in [6, 6.07) is 38.0. The summed E-state index contributed by atoms with van der Waals surface area (Å²) < 4.78 is 0. The third-order valence-corrected chi connectivity index (χ3v) is 8.78. The molecule has 2 heterocycles. The van der Waals surface area contributed by atoms with Gasteiger partial charge in [0.1, 0.15) is 6.07 Å². The van der Waals surface area contributed by atoms with E-state index in [4.69, 9.17) is 9.97 Å². The van der Waals surface area contributed by atoms with E-state index in [1.54, 1.807) is 11.8 Å². The minimum Gasteiger partial charge on any atom is -0.228 e. The number of rotatable bonds is 2. The molecule has 180 valence electrons. The van der Waals surface area contributed by atoms with Crippen molar-refractivity contribution in [2.24, 2.45) is 0 Å². The van der Waals surface area contributed by atoms with Crippen LogP contribution in [0.2, 0.25) is 0 Å². The second kappa shape index (κ2) is 8.55. The highest BCUT2D eigenvalue weighted by atomic mass is 32.2. The molecular formula is C34H23N3S. The Hall–Kier alpha value is -4.46. The van der Waals surface area contributed by atoms with Gasteiger partial charge in [-0.1, -0.05) is 104 Å². The van der Waals surface area contributed by atoms with Crippen LogP contribution in [0.1, 0.15) is 30.5 Å². The number of para-hydroxylation sites is 1. The van der Waals surface area contributed by atoms with Gasteiger partial charge in [0.05, 0.1) is 16.8 Å². The Morgan fingerprint density at radius 2 is 1.47 bits per heavy atom. The van der Waals surface area contributed by atoms with E-state index in [-0.39, 0.29) is 5.41 Å². The van der Waals surface area contributed by atoms with E-state index in [9.17, 15) is 5.26 Å². The Labute approximate surface area is 225 Å². The lowest BCUT2D eigenvalue weighted by Crippen LogP contribution is -2.24. The molecule has 0 saturated carbocycles. The van der Waals surface area contributed by atoms with Gasteiger partial charge in [-0.2, -0.15) is 5.26 Å². The molecule has 0 aliphatic carbocycles. The summed E-state index contributed by atoms with van der Waals surface area (Å²) >= 11 is 1.68. The molecule has 0 spiro atoms. The van der Waals surface area contributed by atoms with Gasteiger partial charge >= 0.3 is 0 Å². The number of nitrogens with zero attached hydrogens (tertiary/aromatic N) is 3. The summed E-state index contributed by atoms with van der Waals surface area (Å²) in [5.41, 5.74) is 6.54. The van der Waals surface area contributed by atoms with Crippen LogP contribution in [0.4, 0.5) is 0 Å². The topological polar surface area (TPSA) is 49.6 Å². The lowest BCUT2D eigenvalue weighted by atomic mass is 9.76. The van der Waals surface area contributed by atoms with Crippen LogP contribution in [-0.4, -0.2) is 9.97 Å². The molecule has 7 rings (SSSR count). The third kappa shape index (κ3) is 3.44. The van der Waals surface area contributed by atoms with Gasteiger partial charge in [0.25, 0.3) is 0 Å². The van der Waals surface area contributed by atoms with E-state index < -0.39 is 0 Å². The van der Waals surface area contributed by atoms with Gasteiger partial charge in [-0.15, -0.1) is 0 Å². The van der Waals surface area contributed by atoms with Gasteiger partial charge in [0, 0.05) is 31.7 Å². The van der Waals surface area contributed by atoms with Gasteiger partial charge in [0.15, 0.2) is 5.82 Å². The van der Waals surface area contributed by atoms with Crippen LogP contribution < -0.4 is 0 Å². The standard InChI is InChI=1S/C34H23N3S/c1-34(2)27-15-6-8-17-30(27)38-32-23(20-35)18-22(19-28(32)34)33-36-29-16-7-5-13-26(29)31(37-33)25-14-9-11-21-10-3-4-12-24(21)25/h3-19H,1-2H3. The van der Waals surface area contributed by atoms with Crippen LogP contribution in [0.3, 0.4) is 0 Å². The van der Waals surface area contributed by atoms with Crippen molar-refractivity contribution in [1.82, 2.24) is 9.97 Å². The molecule has 0 radical (unpaired) electrons. The first-order valence-electron chi connectivity index (χ1n) is 12.7. The van der Waals surface area contributed by atoms with Crippen molar-refractivity contribution in [2.75, 3.05) is 0 Å². The van der Waals surface area contributed by atoms with E-state index in [0.29, 0.717) is 11.4 Å². The normalized spacial score (nSPS) is 13.6. The minimum atomic E-state index is -0.256. The van der Waals surface area contributed by atoms with Crippen LogP contribution >= 0.6 is 11.8 Å². The molecule has 5 aromatic carbocycles. The number of hydrogen-bond donors (Lipinski definition) is 0. The molecule has 0 fully saturated rings. The first-order valence-corrected chi connectivity index (χ1v) is 13.5. The summed E-state index contributed by atoms with van der Waals surface area (Å²) in [6.07, 6.45) is 0. The molecule has 38 heavy (non-hydrogen) atoms. The average Bonchev–Trinajstić information content (AvgIpc) is 2.96. The van der Waals surface area contributed by atoms with E-state index >= 15 is 0 Å². The molecule has 0 unspecified atom stereocenters. The van der Waals surface area contributed by atoms with Gasteiger partial charge in [0.2, 0.25) is 0 Å². The minimum absolute atomic E-state index is 0.256. The first kappa shape index (κ1) is 22.7. The molecule has 0 N–H and O–H groups in total. The van der Waals surface area contributed by atoms with Crippen LogP contribution in [-0.2, 0) is 5.41 Å². The molecule has 1 aliphatic rings. The maximum Gasteiger partial charge on any atom is 0.160 e. The second-order valence-corrected chi connectivity index (χ2v) is 11.2. The summed E-state index contributed by atoms with van der Waals surface area (Å²) in [4.78, 5) is 12.4. The zero-order chi connectivity index (χ0) is 25.9. The quantitative estimate of drug-likeness (QED) is 0.236. The molecule has 1 aliphatic heterocycles. The van der Waals surface area contributed by atoms with Gasteiger partial charge in [-0.3, -0.25) is 0 Å². The number of fused-ring (bicyclic) bond motifs is 4. The summed E-state index contributed by atoms with van der Waals surface area (Å²) in [7, 11) is 0. The van der Waals surface area contributed by atoms with Crippen molar-refractivity contribution in [2.45, 2.75) is 29.1 Å². The predicted octanol–water partition coefficient (Wildman–Crippen LogP) is 8.78. The SMILES string of the molecule is CC1(C)c2ccccc2Sc2c(C#N)cc(-c3nc(-c4cccc5ccccc45)c4ccccc4n3)cc21. The highest BCUT2D eigenvalue weighted by Crippen LogP contribution is 2.51. The van der Waals surface area contributed by atoms with Crippen LogP contribution in [0.25, 0.3) is 44.3 Å². The van der Waals surface area contributed by atoms with Crippen LogP contribution in [0.15, 0.2) is 113 Å². The summed E-state index contributed by atoms with van der Waals surface area (Å²) in [5.74, 6) is 0.630. The zero-order valence-electron chi connectivity index (χ0n) is 21.1. The monoisotopic (exact) mass is 505 g/mol. The smallest absolute Gasteiger partial charge is 0.160 e. The fourth-order valence-electron chi connectivity index (χ4n) is 5.59. The van der Waals surface area contributed by atoms with Crippen molar-refractivity contribution in [3.63, 3.8) is 0 Å². The molecule has 0 atom stereocenters. The predicted molar refractivity (Wildman–Crippen MR) is 155 cm³/mol. The molecular weight excluding hydrogens is 482 g/mol. The van der Waals surface area contributed by atoms with Gasteiger partial charge < -0.3 is 0 Å². The van der Waals surface area contributed by atoms with Crippen molar-refractivity contribution < 1.29 is 0 Å². The largest absolute Gasteiger partial charge is 0.228 e. The average molecular weight is 506 g/mol. The Kier molecular flexibility index (Phi) is 5.11. The van der Waals surface area contributed by atoms with Crippen molar-refractivity contribution in [3.8, 4) is 28.7 Å². The molecule has 0 bridgehead atoms. The molecule has 0 saturated heterocycles. The highest BCUT2D eigenvalue weighted by molar-refractivity contribution is 7.99. The third-order valence-electron chi connectivity index (χ3n) is 7.56. The Balaban J connectivity index is 1.49. The number of nitriles is 1. The molecule has 0 amide bonds. The second-order valence-electron chi connectivity index (χ2n) is 10.2. The lowest BCUT2D eigenvalue weighted by Gasteiger charge is -2.35. The molecule has 6 aromatic rings. The number of benzene rings is 5. The maximum absolute atomic E-state index is 10.2. The number of hydrogen-bond acceptors (Lipinski definition) is 4.